The smallest absolute Gasteiger partial charge is 0.115 e. The van der Waals surface area contributed by atoms with Gasteiger partial charge in [0.15, 0.2) is 0 Å². The third-order valence-corrected chi connectivity index (χ3v) is 4.57. The molecular weight excluding hydrogens is 266 g/mol. The molecule has 0 saturated heterocycles. The van der Waals surface area contributed by atoms with Crippen LogP contribution in [0.2, 0.25) is 0 Å². The fourth-order valence-corrected chi connectivity index (χ4v) is 3.50. The summed E-state index contributed by atoms with van der Waals surface area (Å²) in [5.74, 6) is 1.01. The lowest BCUT2D eigenvalue weighted by Crippen LogP contribution is -1.93. The SMILES string of the molecule is c1ccc(C2CSC(c3cc4ccncc4[nH]3)=N2)cc1. The van der Waals surface area contributed by atoms with Crippen LogP contribution in [0.5, 0.6) is 0 Å². The van der Waals surface area contributed by atoms with Gasteiger partial charge in [0.05, 0.1) is 23.4 Å². The zero-order chi connectivity index (χ0) is 13.4. The Bertz CT molecular complexity index is 744. The van der Waals surface area contributed by atoms with Gasteiger partial charge in [-0.2, -0.15) is 0 Å². The molecule has 0 fully saturated rings. The highest BCUT2D eigenvalue weighted by Crippen LogP contribution is 2.33. The Kier molecular flexibility index (Phi) is 2.81. The number of aliphatic imine (C=N–C) groups is 1. The van der Waals surface area contributed by atoms with E-state index in [0.29, 0.717) is 0 Å². The minimum atomic E-state index is 0.265. The number of hydrogen-bond donors (Lipinski definition) is 1. The maximum Gasteiger partial charge on any atom is 0.115 e. The lowest BCUT2D eigenvalue weighted by atomic mass is 10.1. The predicted octanol–water partition coefficient (Wildman–Crippen LogP) is 3.80. The lowest BCUT2D eigenvalue weighted by Gasteiger charge is -2.04. The normalized spacial score (nSPS) is 18.4. The highest BCUT2D eigenvalue weighted by atomic mass is 32.2. The Morgan fingerprint density at radius 1 is 1.15 bits per heavy atom. The van der Waals surface area contributed by atoms with E-state index in [1.54, 1.807) is 0 Å². The van der Waals surface area contributed by atoms with Gasteiger partial charge in [0, 0.05) is 17.3 Å². The van der Waals surface area contributed by atoms with Crippen LogP contribution in [0.15, 0.2) is 59.9 Å². The molecule has 98 valence electrons. The van der Waals surface area contributed by atoms with Crippen molar-refractivity contribution >= 4 is 27.7 Å². The molecule has 1 N–H and O–H groups in total. The molecule has 20 heavy (non-hydrogen) atoms. The van der Waals surface area contributed by atoms with E-state index in [1.807, 2.05) is 36.3 Å². The molecule has 0 aliphatic carbocycles. The van der Waals surface area contributed by atoms with E-state index in [1.165, 1.54) is 10.9 Å². The molecule has 0 radical (unpaired) electrons. The summed E-state index contributed by atoms with van der Waals surface area (Å²) in [5, 5.41) is 2.27. The van der Waals surface area contributed by atoms with Crippen LogP contribution < -0.4 is 0 Å². The molecule has 4 heteroatoms. The molecule has 3 nitrogen and oxygen atoms in total. The van der Waals surface area contributed by atoms with Gasteiger partial charge in [-0.25, -0.2) is 0 Å². The quantitative estimate of drug-likeness (QED) is 0.775. The number of fused-ring (bicyclic) bond motifs is 1. The van der Waals surface area contributed by atoms with E-state index in [4.69, 9.17) is 4.99 Å². The number of pyridine rings is 1. The van der Waals surface area contributed by atoms with Gasteiger partial charge < -0.3 is 4.98 Å². The van der Waals surface area contributed by atoms with Gasteiger partial charge in [-0.15, -0.1) is 11.8 Å². The number of aromatic nitrogens is 2. The summed E-state index contributed by atoms with van der Waals surface area (Å²) < 4.78 is 0. The summed E-state index contributed by atoms with van der Waals surface area (Å²) >= 11 is 1.81. The molecule has 3 heterocycles. The first-order valence-electron chi connectivity index (χ1n) is 6.59. The van der Waals surface area contributed by atoms with E-state index in [0.717, 1.165) is 22.0 Å². The van der Waals surface area contributed by atoms with Crippen molar-refractivity contribution in [2.75, 3.05) is 5.75 Å². The van der Waals surface area contributed by atoms with Crippen molar-refractivity contribution in [3.63, 3.8) is 0 Å². The summed E-state index contributed by atoms with van der Waals surface area (Å²) in [5.41, 5.74) is 3.44. The van der Waals surface area contributed by atoms with Crippen LogP contribution in [0.1, 0.15) is 17.3 Å². The Morgan fingerprint density at radius 3 is 2.90 bits per heavy atom. The van der Waals surface area contributed by atoms with Crippen molar-refractivity contribution in [2.24, 2.45) is 4.99 Å². The molecule has 0 saturated carbocycles. The van der Waals surface area contributed by atoms with Crippen LogP contribution in [0.3, 0.4) is 0 Å². The van der Waals surface area contributed by atoms with E-state index >= 15 is 0 Å². The van der Waals surface area contributed by atoms with Gasteiger partial charge in [-0.05, 0) is 17.7 Å². The third-order valence-electron chi connectivity index (χ3n) is 3.49. The van der Waals surface area contributed by atoms with Crippen molar-refractivity contribution in [2.45, 2.75) is 6.04 Å². The standard InChI is InChI=1S/C16H13N3S/c1-2-4-11(5-3-1)15-10-20-16(19-15)13-8-12-6-7-17-9-14(12)18-13/h1-9,15,18H,10H2. The van der Waals surface area contributed by atoms with E-state index in [2.05, 4.69) is 40.3 Å². The van der Waals surface area contributed by atoms with Crippen molar-refractivity contribution < 1.29 is 0 Å². The Hall–Kier alpha value is -2.07. The fourth-order valence-electron chi connectivity index (χ4n) is 2.45. The van der Waals surface area contributed by atoms with Gasteiger partial charge in [0.2, 0.25) is 0 Å². The Balaban J connectivity index is 1.69. The number of nitrogens with one attached hydrogen (secondary N) is 1. The van der Waals surface area contributed by atoms with Crippen molar-refractivity contribution in [1.82, 2.24) is 9.97 Å². The fraction of sp³-hybridized carbons (Fsp3) is 0.125. The molecule has 4 rings (SSSR count). The largest absolute Gasteiger partial charge is 0.352 e. The van der Waals surface area contributed by atoms with Crippen molar-refractivity contribution in [3.05, 3.63) is 66.1 Å². The van der Waals surface area contributed by atoms with Crippen molar-refractivity contribution in [3.8, 4) is 0 Å². The number of rotatable bonds is 2. The molecule has 0 amide bonds. The van der Waals surface area contributed by atoms with Crippen LogP contribution in [0.4, 0.5) is 0 Å². The maximum atomic E-state index is 4.85. The minimum Gasteiger partial charge on any atom is -0.352 e. The number of aromatic amines is 1. The van der Waals surface area contributed by atoms with Gasteiger partial charge in [0.1, 0.15) is 5.04 Å². The zero-order valence-corrected chi connectivity index (χ0v) is 11.6. The first kappa shape index (κ1) is 11.7. The van der Waals surface area contributed by atoms with Gasteiger partial charge in [0.25, 0.3) is 0 Å². The number of benzene rings is 1. The second-order valence-electron chi connectivity index (χ2n) is 4.82. The second kappa shape index (κ2) is 4.80. The molecule has 1 aliphatic heterocycles. The van der Waals surface area contributed by atoms with Crippen LogP contribution in [-0.4, -0.2) is 20.8 Å². The molecule has 2 aromatic heterocycles. The molecule has 0 spiro atoms. The van der Waals surface area contributed by atoms with Crippen LogP contribution in [-0.2, 0) is 0 Å². The number of nitrogens with zero attached hydrogens (tertiary/aromatic N) is 2. The summed E-state index contributed by atoms with van der Waals surface area (Å²) in [6.45, 7) is 0. The monoisotopic (exact) mass is 279 g/mol. The highest BCUT2D eigenvalue weighted by Gasteiger charge is 2.21. The molecule has 3 aromatic rings. The third kappa shape index (κ3) is 2.02. The lowest BCUT2D eigenvalue weighted by molar-refractivity contribution is 0.849. The number of H-pyrrole nitrogens is 1. The number of thioether (sulfide) groups is 1. The van der Waals surface area contributed by atoms with E-state index in [-0.39, 0.29) is 6.04 Å². The van der Waals surface area contributed by atoms with Crippen molar-refractivity contribution in [1.29, 1.82) is 0 Å². The van der Waals surface area contributed by atoms with Gasteiger partial charge in [-0.1, -0.05) is 30.3 Å². The topological polar surface area (TPSA) is 41.0 Å². The zero-order valence-electron chi connectivity index (χ0n) is 10.8. The highest BCUT2D eigenvalue weighted by molar-refractivity contribution is 8.14. The second-order valence-corrected chi connectivity index (χ2v) is 5.83. The van der Waals surface area contributed by atoms with Gasteiger partial charge in [-0.3, -0.25) is 9.98 Å². The van der Waals surface area contributed by atoms with Crippen LogP contribution in [0.25, 0.3) is 10.9 Å². The number of hydrogen-bond acceptors (Lipinski definition) is 3. The average molecular weight is 279 g/mol. The summed E-state index contributed by atoms with van der Waals surface area (Å²) in [4.78, 5) is 12.4. The predicted molar refractivity (Wildman–Crippen MR) is 84.3 cm³/mol. The van der Waals surface area contributed by atoms with Crippen LogP contribution in [0, 0.1) is 0 Å². The first-order valence-corrected chi connectivity index (χ1v) is 7.57. The van der Waals surface area contributed by atoms with E-state index in [9.17, 15) is 0 Å². The molecule has 1 unspecified atom stereocenters. The molecule has 0 bridgehead atoms. The Morgan fingerprint density at radius 2 is 2.05 bits per heavy atom. The first-order chi connectivity index (χ1) is 9.90. The summed E-state index contributed by atoms with van der Waals surface area (Å²) in [7, 11) is 0. The molecule has 1 atom stereocenters. The summed E-state index contributed by atoms with van der Waals surface area (Å²) in [6, 6.07) is 14.9. The van der Waals surface area contributed by atoms with E-state index < -0.39 is 0 Å². The van der Waals surface area contributed by atoms with Gasteiger partial charge >= 0.3 is 0 Å². The molecule has 1 aliphatic rings. The Labute approximate surface area is 121 Å². The summed E-state index contributed by atoms with van der Waals surface area (Å²) in [6.07, 6.45) is 3.67. The average Bonchev–Trinajstić information content (AvgIpc) is 3.14. The molecule has 1 aromatic carbocycles. The molecular formula is C16H13N3S. The minimum absolute atomic E-state index is 0.265. The van der Waals surface area contributed by atoms with Crippen LogP contribution >= 0.6 is 11.8 Å². The maximum absolute atomic E-state index is 4.85.